The standard InChI is InChI=1S/C38H38N4O6S/c43-34(39-31(22-27-15-7-2-8-16-27)35(44)41-33-25-49-37(33)46)30(21-26-13-5-1-6-14-26)40-36(45)32(23-28-17-9-3-10-18-28)42-38(47)48-24-29-19-11-4-12-20-29/h1-20,30-33H,21-25H2,(H,39,43)(H,40,45)(H,41,44)(H,42,47)/t30-,31-,32-,33-/m0/s1. The topological polar surface area (TPSA) is 143 Å². The summed E-state index contributed by atoms with van der Waals surface area (Å²) in [6, 6.07) is 32.9. The minimum atomic E-state index is -1.11. The Kier molecular flexibility index (Phi) is 12.6. The van der Waals surface area contributed by atoms with E-state index in [1.54, 1.807) is 0 Å². The van der Waals surface area contributed by atoms with Crippen molar-refractivity contribution in [2.75, 3.05) is 5.75 Å². The molecule has 1 heterocycles. The van der Waals surface area contributed by atoms with Gasteiger partial charge in [0.15, 0.2) is 0 Å². The Morgan fingerprint density at radius 3 is 1.35 bits per heavy atom. The average molecular weight is 679 g/mol. The van der Waals surface area contributed by atoms with E-state index in [4.69, 9.17) is 4.74 Å². The Morgan fingerprint density at radius 1 is 0.571 bits per heavy atom. The van der Waals surface area contributed by atoms with Gasteiger partial charge in [-0.3, -0.25) is 19.2 Å². The van der Waals surface area contributed by atoms with Gasteiger partial charge in [0.25, 0.3) is 0 Å². The fourth-order valence-corrected chi connectivity index (χ4v) is 5.85. The fraction of sp³-hybridized carbons (Fsp3) is 0.237. The number of alkyl carbamates (subject to hydrolysis) is 1. The molecule has 252 valence electrons. The Labute approximate surface area is 289 Å². The van der Waals surface area contributed by atoms with Crippen LogP contribution in [0, 0.1) is 0 Å². The molecule has 0 bridgehead atoms. The number of benzene rings is 4. The highest BCUT2D eigenvalue weighted by Gasteiger charge is 2.35. The van der Waals surface area contributed by atoms with E-state index in [2.05, 4.69) is 21.3 Å². The van der Waals surface area contributed by atoms with Crippen molar-refractivity contribution in [1.29, 1.82) is 0 Å². The van der Waals surface area contributed by atoms with E-state index in [9.17, 15) is 24.0 Å². The van der Waals surface area contributed by atoms with Crippen LogP contribution < -0.4 is 21.3 Å². The molecule has 4 aromatic carbocycles. The number of ether oxygens (including phenoxy) is 1. The zero-order valence-electron chi connectivity index (χ0n) is 26.7. The quantitative estimate of drug-likeness (QED) is 0.150. The van der Waals surface area contributed by atoms with Crippen molar-refractivity contribution in [3.63, 3.8) is 0 Å². The molecule has 4 atom stereocenters. The SMILES string of the molecule is O=C(N[C@@H](Cc1ccccc1)C(=O)N[C@@H](Cc1ccccc1)C(=O)N[C@@H](Cc1ccccc1)C(=O)N[C@H]1CSC1=O)OCc1ccccc1. The van der Waals surface area contributed by atoms with Crippen molar-refractivity contribution < 1.29 is 28.7 Å². The Hall–Kier alpha value is -5.42. The van der Waals surface area contributed by atoms with Gasteiger partial charge in [0.1, 0.15) is 30.8 Å². The second kappa shape index (κ2) is 17.7. The minimum Gasteiger partial charge on any atom is -0.445 e. The largest absolute Gasteiger partial charge is 0.445 e. The summed E-state index contributed by atoms with van der Waals surface area (Å²) in [6.07, 6.45) is -0.359. The normalized spacial score (nSPS) is 15.4. The predicted molar refractivity (Wildman–Crippen MR) is 187 cm³/mol. The first-order valence-electron chi connectivity index (χ1n) is 16.0. The van der Waals surface area contributed by atoms with Gasteiger partial charge in [0.05, 0.1) is 0 Å². The molecule has 1 aliphatic heterocycles. The molecule has 0 saturated carbocycles. The molecule has 0 spiro atoms. The van der Waals surface area contributed by atoms with Gasteiger partial charge in [-0.1, -0.05) is 133 Å². The van der Waals surface area contributed by atoms with Crippen LogP contribution in [0.1, 0.15) is 22.3 Å². The van der Waals surface area contributed by atoms with Crippen LogP contribution in [0.4, 0.5) is 4.79 Å². The Bertz CT molecular complexity index is 1710. The van der Waals surface area contributed by atoms with Crippen molar-refractivity contribution in [2.24, 2.45) is 0 Å². The molecule has 11 heteroatoms. The van der Waals surface area contributed by atoms with Gasteiger partial charge in [-0.15, -0.1) is 0 Å². The lowest BCUT2D eigenvalue weighted by molar-refractivity contribution is -0.133. The van der Waals surface area contributed by atoms with E-state index in [1.165, 1.54) is 0 Å². The first-order valence-corrected chi connectivity index (χ1v) is 17.0. The van der Waals surface area contributed by atoms with Crippen molar-refractivity contribution in [3.05, 3.63) is 144 Å². The highest BCUT2D eigenvalue weighted by Crippen LogP contribution is 2.20. The Morgan fingerprint density at radius 2 is 0.959 bits per heavy atom. The first kappa shape index (κ1) is 34.9. The van der Waals surface area contributed by atoms with E-state index in [1.807, 2.05) is 121 Å². The second-order valence-corrected chi connectivity index (χ2v) is 12.7. The molecular formula is C38H38N4O6S. The molecule has 49 heavy (non-hydrogen) atoms. The van der Waals surface area contributed by atoms with Crippen LogP contribution in [0.5, 0.6) is 0 Å². The lowest BCUT2D eigenvalue weighted by Gasteiger charge is -2.28. The highest BCUT2D eigenvalue weighted by atomic mass is 32.2. The summed E-state index contributed by atoms with van der Waals surface area (Å²) in [5, 5.41) is 10.9. The second-order valence-electron chi connectivity index (χ2n) is 11.6. The molecule has 0 aliphatic carbocycles. The van der Waals surface area contributed by atoms with Crippen molar-refractivity contribution in [2.45, 2.75) is 50.0 Å². The maximum atomic E-state index is 14.0. The molecule has 0 unspecified atom stereocenters. The lowest BCUT2D eigenvalue weighted by Crippen LogP contribution is -2.59. The van der Waals surface area contributed by atoms with Crippen molar-refractivity contribution in [3.8, 4) is 0 Å². The van der Waals surface area contributed by atoms with Crippen LogP contribution in [0.15, 0.2) is 121 Å². The Balaban J connectivity index is 1.34. The molecule has 4 aromatic rings. The lowest BCUT2D eigenvalue weighted by atomic mass is 10.0. The molecule has 10 nitrogen and oxygen atoms in total. The van der Waals surface area contributed by atoms with Crippen LogP contribution in [-0.4, -0.2) is 58.9 Å². The number of hydrogen-bond acceptors (Lipinski definition) is 7. The van der Waals surface area contributed by atoms with Gasteiger partial charge in [0.2, 0.25) is 22.8 Å². The number of carbonyl (C=O) groups is 5. The fourth-order valence-electron chi connectivity index (χ4n) is 5.24. The molecular weight excluding hydrogens is 641 g/mol. The van der Waals surface area contributed by atoms with Gasteiger partial charge in [-0.05, 0) is 22.3 Å². The summed E-state index contributed by atoms with van der Waals surface area (Å²) >= 11 is 1.13. The smallest absolute Gasteiger partial charge is 0.408 e. The number of rotatable bonds is 15. The van der Waals surface area contributed by atoms with Crippen LogP contribution >= 0.6 is 11.8 Å². The van der Waals surface area contributed by atoms with E-state index < -0.39 is 48.0 Å². The highest BCUT2D eigenvalue weighted by molar-refractivity contribution is 8.16. The summed E-state index contributed by atoms with van der Waals surface area (Å²) in [5.41, 5.74) is 3.16. The van der Waals surface area contributed by atoms with Gasteiger partial charge < -0.3 is 26.0 Å². The minimum absolute atomic E-state index is 0.0153. The third-order valence-corrected chi connectivity index (χ3v) is 9.00. The number of hydrogen-bond donors (Lipinski definition) is 4. The van der Waals surface area contributed by atoms with E-state index in [0.717, 1.165) is 34.0 Å². The van der Waals surface area contributed by atoms with Crippen LogP contribution in [0.2, 0.25) is 0 Å². The molecule has 4 N–H and O–H groups in total. The molecule has 0 radical (unpaired) electrons. The maximum Gasteiger partial charge on any atom is 0.408 e. The van der Waals surface area contributed by atoms with E-state index in [0.29, 0.717) is 5.75 Å². The third kappa shape index (κ3) is 10.8. The third-order valence-electron chi connectivity index (χ3n) is 7.93. The summed E-state index contributed by atoms with van der Waals surface area (Å²) in [7, 11) is 0. The molecule has 1 fully saturated rings. The number of thioether (sulfide) groups is 1. The van der Waals surface area contributed by atoms with Gasteiger partial charge in [0, 0.05) is 25.0 Å². The number of carbonyl (C=O) groups excluding carboxylic acids is 5. The average Bonchev–Trinajstić information content (AvgIpc) is 3.13. The molecule has 0 aromatic heterocycles. The maximum absolute atomic E-state index is 14.0. The van der Waals surface area contributed by atoms with Gasteiger partial charge in [-0.25, -0.2) is 4.79 Å². The summed E-state index contributed by atoms with van der Waals surface area (Å²) < 4.78 is 5.40. The molecule has 1 saturated heterocycles. The summed E-state index contributed by atoms with van der Waals surface area (Å²) in [4.78, 5) is 66.2. The monoisotopic (exact) mass is 678 g/mol. The summed E-state index contributed by atoms with van der Waals surface area (Å²) in [6.45, 7) is 0.0153. The number of amides is 4. The van der Waals surface area contributed by atoms with Crippen molar-refractivity contribution in [1.82, 2.24) is 21.3 Å². The number of nitrogens with one attached hydrogen (secondary N) is 4. The van der Waals surface area contributed by atoms with Crippen molar-refractivity contribution >= 4 is 40.7 Å². The molecule has 4 amide bonds. The van der Waals surface area contributed by atoms with Crippen LogP contribution in [0.25, 0.3) is 0 Å². The van der Waals surface area contributed by atoms with E-state index >= 15 is 0 Å². The zero-order valence-corrected chi connectivity index (χ0v) is 27.6. The van der Waals surface area contributed by atoms with Gasteiger partial charge >= 0.3 is 6.09 Å². The van der Waals surface area contributed by atoms with E-state index in [-0.39, 0.29) is 31.0 Å². The first-order chi connectivity index (χ1) is 23.8. The van der Waals surface area contributed by atoms with Gasteiger partial charge in [-0.2, -0.15) is 0 Å². The summed E-state index contributed by atoms with van der Waals surface area (Å²) in [5.74, 6) is -1.22. The molecule has 5 rings (SSSR count). The van der Waals surface area contributed by atoms with Crippen LogP contribution in [-0.2, 0) is 49.8 Å². The predicted octanol–water partition coefficient (Wildman–Crippen LogP) is 3.74. The molecule has 1 aliphatic rings. The zero-order chi connectivity index (χ0) is 34.4. The van der Waals surface area contributed by atoms with Crippen LogP contribution in [0.3, 0.4) is 0 Å².